The molecule has 0 spiro atoms. The van der Waals surface area contributed by atoms with Gasteiger partial charge in [-0.15, -0.1) is 0 Å². The SMILES string of the molecule is CCOC(C[C@H]1C[C@@H](C)C(=O)CCC(C)C[C@H](CO[C@@H]2O[C@H](C)[C@@H](O)[C@@H](OC)[C@H]2OC)[C@@H](CC)OC(=O)C[C@@H](O)[C@H](C)[C@H]1O[C@@H]1O[C@H](C)[C@@H](O)[C@H](N(C)C)[C@H]1O)OCC. The lowest BCUT2D eigenvalue weighted by atomic mass is 9.78. The molecule has 0 bridgehead atoms. The van der Waals surface area contributed by atoms with Crippen LogP contribution in [0.4, 0.5) is 0 Å². The molecule has 0 aromatic heterocycles. The third-order valence-corrected chi connectivity index (χ3v) is 12.6. The average Bonchev–Trinajstić information content (AvgIpc) is 3.18. The van der Waals surface area contributed by atoms with E-state index in [9.17, 15) is 30.0 Å². The summed E-state index contributed by atoms with van der Waals surface area (Å²) in [6, 6.07) is -0.713. The minimum absolute atomic E-state index is 0.0445. The molecule has 346 valence electrons. The summed E-state index contributed by atoms with van der Waals surface area (Å²) in [5.74, 6) is -2.39. The molecule has 3 fully saturated rings. The number of nitrogens with zero attached hydrogens (tertiary/aromatic N) is 1. The van der Waals surface area contributed by atoms with Gasteiger partial charge in [0.05, 0.1) is 49.6 Å². The Balaban J connectivity index is 1.99. The van der Waals surface area contributed by atoms with Gasteiger partial charge in [-0.05, 0) is 79.3 Å². The summed E-state index contributed by atoms with van der Waals surface area (Å²) in [5, 5.41) is 45.0. The first-order valence-electron chi connectivity index (χ1n) is 21.9. The number of ketones is 1. The molecule has 3 aliphatic rings. The molecule has 59 heavy (non-hydrogen) atoms. The van der Waals surface area contributed by atoms with Crippen LogP contribution in [0.2, 0.25) is 0 Å². The quantitative estimate of drug-likeness (QED) is 0.138. The van der Waals surface area contributed by atoms with E-state index in [0.717, 1.165) is 0 Å². The first-order valence-corrected chi connectivity index (χ1v) is 21.9. The van der Waals surface area contributed by atoms with Crippen LogP contribution in [0.25, 0.3) is 0 Å². The van der Waals surface area contributed by atoms with Gasteiger partial charge in [-0.1, -0.05) is 27.7 Å². The van der Waals surface area contributed by atoms with Crippen molar-refractivity contribution in [3.63, 3.8) is 0 Å². The molecule has 3 heterocycles. The van der Waals surface area contributed by atoms with E-state index in [-0.39, 0.29) is 30.6 Å². The zero-order valence-electron chi connectivity index (χ0n) is 37.8. The maximum atomic E-state index is 14.0. The Morgan fingerprint density at radius 3 is 1.97 bits per heavy atom. The van der Waals surface area contributed by atoms with Gasteiger partial charge in [-0.2, -0.15) is 0 Å². The van der Waals surface area contributed by atoms with Crippen LogP contribution in [0, 0.1) is 29.6 Å². The van der Waals surface area contributed by atoms with Gasteiger partial charge in [0.25, 0.3) is 0 Å². The second kappa shape index (κ2) is 25.1. The Morgan fingerprint density at radius 1 is 0.780 bits per heavy atom. The van der Waals surface area contributed by atoms with Crippen LogP contribution in [-0.4, -0.2) is 171 Å². The summed E-state index contributed by atoms with van der Waals surface area (Å²) >= 11 is 0. The number of ether oxygens (including phenoxy) is 9. The van der Waals surface area contributed by atoms with Crippen molar-refractivity contribution in [3.05, 3.63) is 0 Å². The number of hydrogen-bond acceptors (Lipinski definition) is 16. The number of aliphatic hydroxyl groups is 4. The number of carbonyl (C=O) groups excluding carboxylic acids is 2. The van der Waals surface area contributed by atoms with Gasteiger partial charge in [0.2, 0.25) is 0 Å². The molecule has 0 saturated carbocycles. The highest BCUT2D eigenvalue weighted by Gasteiger charge is 2.48. The molecule has 0 amide bonds. The Labute approximate surface area is 352 Å². The molecular formula is C43H79NO15. The van der Waals surface area contributed by atoms with Crippen molar-refractivity contribution < 1.29 is 72.6 Å². The highest BCUT2D eigenvalue weighted by atomic mass is 16.7. The lowest BCUT2D eigenvalue weighted by Gasteiger charge is -2.47. The number of hydrogen-bond donors (Lipinski definition) is 4. The largest absolute Gasteiger partial charge is 0.462 e. The number of methoxy groups -OCH3 is 2. The molecule has 3 saturated heterocycles. The van der Waals surface area contributed by atoms with Crippen LogP contribution in [0.15, 0.2) is 0 Å². The van der Waals surface area contributed by atoms with E-state index >= 15 is 0 Å². The molecule has 18 atom stereocenters. The van der Waals surface area contributed by atoms with Gasteiger partial charge in [0.1, 0.15) is 36.3 Å². The highest BCUT2D eigenvalue weighted by molar-refractivity contribution is 5.80. The van der Waals surface area contributed by atoms with Gasteiger partial charge < -0.3 is 68.0 Å². The standard InChI is InChI=1S/C43H79NO15/c1-13-32-29(22-55-43-41(52-12)40(51-11)37(49)27(8)57-43)18-23(4)16-17-30(45)24(5)19-28(20-34(53-14-2)54-15-3)39(25(6)31(46)21-33(47)58-32)59-42-38(50)35(44(9)10)36(48)26(7)56-42/h23-29,31-32,34-43,46,48-50H,13-22H2,1-12H3/t23?,24-,25+,26-,27-,28-,29-,31-,32-,35+,36-,37-,38-,39-,40-,41-,42+,43-/m1/s1. The summed E-state index contributed by atoms with van der Waals surface area (Å²) in [5.41, 5.74) is 0. The predicted molar refractivity (Wildman–Crippen MR) is 217 cm³/mol. The molecule has 4 N–H and O–H groups in total. The number of likely N-dealkylation sites (N-methyl/N-ethyl adjacent to an activating group) is 1. The van der Waals surface area contributed by atoms with E-state index in [4.69, 9.17) is 42.6 Å². The Morgan fingerprint density at radius 2 is 1.39 bits per heavy atom. The van der Waals surface area contributed by atoms with Gasteiger partial charge in [-0.3, -0.25) is 9.59 Å². The number of rotatable bonds is 15. The van der Waals surface area contributed by atoms with Crippen molar-refractivity contribution in [2.45, 2.75) is 186 Å². The monoisotopic (exact) mass is 850 g/mol. The van der Waals surface area contributed by atoms with Crippen LogP contribution in [0.1, 0.15) is 100 Å². The lowest BCUT2D eigenvalue weighted by molar-refractivity contribution is -0.306. The fourth-order valence-corrected chi connectivity index (χ4v) is 9.07. The predicted octanol–water partition coefficient (Wildman–Crippen LogP) is 3.07. The van der Waals surface area contributed by atoms with E-state index in [1.165, 1.54) is 14.2 Å². The van der Waals surface area contributed by atoms with Gasteiger partial charge >= 0.3 is 5.97 Å². The molecule has 0 aromatic carbocycles. The summed E-state index contributed by atoms with van der Waals surface area (Å²) in [7, 11) is 6.50. The summed E-state index contributed by atoms with van der Waals surface area (Å²) in [4.78, 5) is 29.5. The molecule has 16 nitrogen and oxygen atoms in total. The third-order valence-electron chi connectivity index (χ3n) is 12.6. The minimum Gasteiger partial charge on any atom is -0.462 e. The van der Waals surface area contributed by atoms with Crippen LogP contribution in [0.5, 0.6) is 0 Å². The normalized spacial score (nSPS) is 41.3. The molecular weight excluding hydrogens is 770 g/mol. The van der Waals surface area contributed by atoms with Crippen LogP contribution < -0.4 is 0 Å². The Kier molecular flexibility index (Phi) is 22.1. The molecule has 0 aliphatic carbocycles. The van der Waals surface area contributed by atoms with E-state index in [0.29, 0.717) is 51.7 Å². The minimum atomic E-state index is -1.27. The first-order chi connectivity index (χ1) is 27.9. The average molecular weight is 850 g/mol. The number of aliphatic hydroxyl groups excluding tert-OH is 4. The second-order valence-corrected chi connectivity index (χ2v) is 17.3. The van der Waals surface area contributed by atoms with Crippen molar-refractivity contribution in [1.29, 1.82) is 0 Å². The topological polar surface area (TPSA) is 201 Å². The third kappa shape index (κ3) is 14.3. The number of Topliss-reactive ketones (excluding diaryl/α,β-unsaturated/α-hetero) is 1. The second-order valence-electron chi connectivity index (χ2n) is 17.3. The number of carbonyl (C=O) groups is 2. The van der Waals surface area contributed by atoms with E-state index < -0.39 is 110 Å². The molecule has 0 aromatic rings. The maximum absolute atomic E-state index is 14.0. The zero-order chi connectivity index (χ0) is 44.1. The first kappa shape index (κ1) is 52.0. The highest BCUT2D eigenvalue weighted by Crippen LogP contribution is 2.37. The van der Waals surface area contributed by atoms with Gasteiger partial charge in [-0.25, -0.2) is 0 Å². The fraction of sp³-hybridized carbons (Fsp3) is 0.953. The molecule has 16 heteroatoms. The fourth-order valence-electron chi connectivity index (χ4n) is 9.07. The Bertz CT molecular complexity index is 1220. The molecule has 1 unspecified atom stereocenters. The van der Waals surface area contributed by atoms with Crippen molar-refractivity contribution in [3.8, 4) is 0 Å². The Hall–Kier alpha value is -1.38. The molecule has 0 radical (unpaired) electrons. The molecule has 3 rings (SSSR count). The van der Waals surface area contributed by atoms with Crippen molar-refractivity contribution in [2.75, 3.05) is 48.1 Å². The van der Waals surface area contributed by atoms with Gasteiger partial charge in [0, 0.05) is 58.0 Å². The smallest absolute Gasteiger partial charge is 0.308 e. The number of esters is 1. The van der Waals surface area contributed by atoms with Crippen molar-refractivity contribution in [1.82, 2.24) is 4.90 Å². The molecule has 3 aliphatic heterocycles. The van der Waals surface area contributed by atoms with E-state index in [1.807, 2.05) is 27.7 Å². The van der Waals surface area contributed by atoms with Crippen LogP contribution in [-0.2, 0) is 52.2 Å². The van der Waals surface area contributed by atoms with Gasteiger partial charge in [0.15, 0.2) is 18.9 Å². The zero-order valence-corrected chi connectivity index (χ0v) is 37.8. The van der Waals surface area contributed by atoms with E-state index in [2.05, 4.69) is 6.92 Å². The summed E-state index contributed by atoms with van der Waals surface area (Å²) in [6.45, 7) is 15.7. The summed E-state index contributed by atoms with van der Waals surface area (Å²) < 4.78 is 54.5. The van der Waals surface area contributed by atoms with Crippen molar-refractivity contribution >= 4 is 11.8 Å². The number of cyclic esters (lactones) is 1. The summed E-state index contributed by atoms with van der Waals surface area (Å²) in [6.07, 6.45) is -9.06. The van der Waals surface area contributed by atoms with Crippen LogP contribution in [0.3, 0.4) is 0 Å². The van der Waals surface area contributed by atoms with Crippen molar-refractivity contribution in [2.24, 2.45) is 29.6 Å². The van der Waals surface area contributed by atoms with E-state index in [1.54, 1.807) is 39.8 Å². The maximum Gasteiger partial charge on any atom is 0.308 e. The van der Waals surface area contributed by atoms with Crippen LogP contribution >= 0.6 is 0 Å². The lowest BCUT2D eigenvalue weighted by Crippen LogP contribution is -2.63.